The van der Waals surface area contributed by atoms with Crippen molar-refractivity contribution in [2.45, 2.75) is 103 Å². The Balaban J connectivity index is 0.000000753. The predicted octanol–water partition coefficient (Wildman–Crippen LogP) is 10.9. The van der Waals surface area contributed by atoms with Gasteiger partial charge in [0.2, 0.25) is 0 Å². The van der Waals surface area contributed by atoms with Gasteiger partial charge in [0, 0.05) is 10.0 Å². The Morgan fingerprint density at radius 1 is 0.653 bits per heavy atom. The van der Waals surface area contributed by atoms with E-state index in [-0.39, 0.29) is 0 Å². The highest BCUT2D eigenvalue weighted by molar-refractivity contribution is 6.36. The molecule has 0 aliphatic heterocycles. The second-order valence-electron chi connectivity index (χ2n) is 11.3. The van der Waals surface area contributed by atoms with Gasteiger partial charge in [-0.1, -0.05) is 123 Å². The van der Waals surface area contributed by atoms with Crippen LogP contribution in [0, 0.1) is 0 Å². The summed E-state index contributed by atoms with van der Waals surface area (Å²) in [5.41, 5.74) is 5.46. The molecule has 0 saturated carbocycles. The first-order valence-electron chi connectivity index (χ1n) is 17.3. The molecule has 0 fully saturated rings. The standard InChI is InChI=1S/C21H44N2.2C8H6Cl2O3/c1-2-3-4-5-6-7-8-9-10-11-12-13-14-15-16-17-20-23-21-18-19-22;2*9-5-1-2-7(6(10)3-5)13-4-8(11)12/h9-10,23H,2-8,11-22H2,1H3;2*1-3H,4H2,(H,11,12)/b10-9+;;. The number of hydrogen-bond acceptors (Lipinski definition) is 6. The van der Waals surface area contributed by atoms with Crippen molar-refractivity contribution in [2.24, 2.45) is 5.73 Å². The SMILES string of the molecule is CCCCCCCC/C=C/CCCCCCCCNCCCN.O=C(O)COc1ccc(Cl)cc1Cl.O=C(O)COc1ccc(Cl)cc1Cl. The fraction of sp³-hybridized carbons (Fsp3) is 0.568. The zero-order valence-corrected chi connectivity index (χ0v) is 31.9. The Hall–Kier alpha value is -2.20. The van der Waals surface area contributed by atoms with Crippen molar-refractivity contribution < 1.29 is 29.3 Å². The van der Waals surface area contributed by atoms with Gasteiger partial charge in [0.15, 0.2) is 13.2 Å². The molecule has 0 amide bonds. The number of rotatable bonds is 25. The van der Waals surface area contributed by atoms with E-state index in [1.807, 2.05) is 0 Å². The second-order valence-corrected chi connectivity index (χ2v) is 13.0. The van der Waals surface area contributed by atoms with Crippen molar-refractivity contribution in [3.63, 3.8) is 0 Å². The van der Waals surface area contributed by atoms with Crippen molar-refractivity contribution in [3.05, 3.63) is 68.6 Å². The van der Waals surface area contributed by atoms with Gasteiger partial charge >= 0.3 is 11.9 Å². The zero-order chi connectivity index (χ0) is 36.5. The maximum absolute atomic E-state index is 10.2. The fourth-order valence-electron chi connectivity index (χ4n) is 4.31. The molecule has 49 heavy (non-hydrogen) atoms. The average molecular weight is 767 g/mol. The van der Waals surface area contributed by atoms with Crippen LogP contribution in [0.15, 0.2) is 48.6 Å². The van der Waals surface area contributed by atoms with Gasteiger partial charge in [-0.15, -0.1) is 0 Å². The van der Waals surface area contributed by atoms with Gasteiger partial charge < -0.3 is 30.7 Å². The van der Waals surface area contributed by atoms with Gasteiger partial charge in [-0.05, 0) is 94.6 Å². The smallest absolute Gasteiger partial charge is 0.341 e. The van der Waals surface area contributed by atoms with Crippen LogP contribution in [0.5, 0.6) is 11.5 Å². The van der Waals surface area contributed by atoms with Gasteiger partial charge in [0.05, 0.1) is 10.0 Å². The third-order valence-corrected chi connectivity index (χ3v) is 7.97. The number of allylic oxidation sites excluding steroid dienone is 2. The van der Waals surface area contributed by atoms with Crippen molar-refractivity contribution in [2.75, 3.05) is 32.8 Å². The molecule has 8 nitrogen and oxygen atoms in total. The maximum Gasteiger partial charge on any atom is 0.341 e. The molecule has 0 aliphatic carbocycles. The van der Waals surface area contributed by atoms with Crippen LogP contribution in [0.25, 0.3) is 0 Å². The normalized spacial score (nSPS) is 10.6. The van der Waals surface area contributed by atoms with Crippen LogP contribution >= 0.6 is 46.4 Å². The number of carboxylic acids is 2. The Kier molecular flexibility index (Phi) is 31.5. The Bertz CT molecular complexity index is 1100. The Morgan fingerprint density at radius 2 is 1.06 bits per heavy atom. The molecule has 0 unspecified atom stereocenters. The molecular formula is C37H56Cl4N2O6. The molecule has 0 radical (unpaired) electrons. The minimum atomic E-state index is -1.05. The summed E-state index contributed by atoms with van der Waals surface area (Å²) in [4.78, 5) is 20.3. The van der Waals surface area contributed by atoms with E-state index in [2.05, 4.69) is 24.4 Å². The van der Waals surface area contributed by atoms with Crippen molar-refractivity contribution in [1.82, 2.24) is 5.32 Å². The molecule has 2 rings (SSSR count). The molecule has 0 heterocycles. The Morgan fingerprint density at radius 3 is 1.47 bits per heavy atom. The molecule has 0 bridgehead atoms. The van der Waals surface area contributed by atoms with Crippen LogP contribution in [0.2, 0.25) is 20.1 Å². The first kappa shape index (κ1) is 46.8. The summed E-state index contributed by atoms with van der Waals surface area (Å²) in [6.45, 7) is 4.51. The molecule has 0 spiro atoms. The third-order valence-electron chi connectivity index (χ3n) is 6.91. The van der Waals surface area contributed by atoms with Gasteiger partial charge in [0.1, 0.15) is 11.5 Å². The molecule has 2 aromatic carbocycles. The van der Waals surface area contributed by atoms with Gasteiger partial charge in [-0.2, -0.15) is 0 Å². The summed E-state index contributed by atoms with van der Waals surface area (Å²) in [5.74, 6) is -1.47. The van der Waals surface area contributed by atoms with Crippen LogP contribution in [-0.4, -0.2) is 55.0 Å². The topological polar surface area (TPSA) is 131 Å². The zero-order valence-electron chi connectivity index (χ0n) is 28.9. The summed E-state index contributed by atoms with van der Waals surface area (Å²) in [7, 11) is 0. The van der Waals surface area contributed by atoms with Crippen molar-refractivity contribution in [1.29, 1.82) is 0 Å². The maximum atomic E-state index is 10.2. The van der Waals surface area contributed by atoms with E-state index in [9.17, 15) is 9.59 Å². The van der Waals surface area contributed by atoms with E-state index < -0.39 is 25.2 Å². The molecule has 2 aromatic rings. The quantitative estimate of drug-likeness (QED) is 0.0580. The minimum absolute atomic E-state index is 0.300. The molecule has 0 aromatic heterocycles. The van der Waals surface area contributed by atoms with E-state index in [4.69, 9.17) is 71.8 Å². The summed E-state index contributed by atoms with van der Waals surface area (Å²) in [6.07, 6.45) is 25.3. The number of ether oxygens (including phenoxy) is 2. The highest BCUT2D eigenvalue weighted by Gasteiger charge is 2.05. The molecule has 12 heteroatoms. The summed E-state index contributed by atoms with van der Waals surface area (Å²) in [5, 5.41) is 21.7. The monoisotopic (exact) mass is 764 g/mol. The van der Waals surface area contributed by atoms with Crippen LogP contribution in [0.1, 0.15) is 103 Å². The van der Waals surface area contributed by atoms with E-state index in [1.165, 1.54) is 121 Å². The number of nitrogens with one attached hydrogen (secondary N) is 1. The number of benzene rings is 2. The minimum Gasteiger partial charge on any atom is -0.480 e. The fourth-order valence-corrected chi connectivity index (χ4v) is 5.24. The second kappa shape index (κ2) is 33.0. The lowest BCUT2D eigenvalue weighted by molar-refractivity contribution is -0.140. The summed E-state index contributed by atoms with van der Waals surface area (Å²) >= 11 is 22.7. The Labute approximate surface area is 313 Å². The first-order chi connectivity index (χ1) is 23.6. The highest BCUT2D eigenvalue weighted by Crippen LogP contribution is 2.28. The van der Waals surface area contributed by atoms with E-state index in [1.54, 1.807) is 12.1 Å². The van der Waals surface area contributed by atoms with Crippen LogP contribution < -0.4 is 20.5 Å². The molecule has 0 saturated heterocycles. The number of halogens is 4. The van der Waals surface area contributed by atoms with Crippen molar-refractivity contribution >= 4 is 58.3 Å². The number of nitrogens with two attached hydrogens (primary N) is 1. The van der Waals surface area contributed by atoms with Crippen LogP contribution in [0.3, 0.4) is 0 Å². The number of carboxylic acid groups (broad SMARTS) is 2. The van der Waals surface area contributed by atoms with Gasteiger partial charge in [0.25, 0.3) is 0 Å². The van der Waals surface area contributed by atoms with Crippen LogP contribution in [0.4, 0.5) is 0 Å². The molecule has 278 valence electrons. The number of hydrogen-bond donors (Lipinski definition) is 4. The highest BCUT2D eigenvalue weighted by atomic mass is 35.5. The summed E-state index contributed by atoms with van der Waals surface area (Å²) < 4.78 is 9.73. The van der Waals surface area contributed by atoms with Gasteiger partial charge in [-0.3, -0.25) is 0 Å². The predicted molar refractivity (Wildman–Crippen MR) is 205 cm³/mol. The lowest BCUT2D eigenvalue weighted by Gasteiger charge is -2.04. The van der Waals surface area contributed by atoms with E-state index in [0.717, 1.165) is 19.5 Å². The molecule has 5 N–H and O–H groups in total. The molecule has 0 atom stereocenters. The first-order valence-corrected chi connectivity index (χ1v) is 18.8. The van der Waals surface area contributed by atoms with Crippen LogP contribution in [-0.2, 0) is 9.59 Å². The lowest BCUT2D eigenvalue weighted by atomic mass is 10.1. The number of unbranched alkanes of at least 4 members (excludes halogenated alkanes) is 12. The van der Waals surface area contributed by atoms with Crippen molar-refractivity contribution in [3.8, 4) is 11.5 Å². The third kappa shape index (κ3) is 30.4. The van der Waals surface area contributed by atoms with E-state index in [0.29, 0.717) is 31.6 Å². The number of carbonyl (C=O) groups is 2. The molecular weight excluding hydrogens is 710 g/mol. The average Bonchev–Trinajstić information content (AvgIpc) is 3.05. The van der Waals surface area contributed by atoms with Gasteiger partial charge in [-0.25, -0.2) is 9.59 Å². The largest absolute Gasteiger partial charge is 0.480 e. The number of aliphatic carboxylic acids is 2. The lowest BCUT2D eigenvalue weighted by Crippen LogP contribution is -2.19. The molecule has 0 aliphatic rings. The summed E-state index contributed by atoms with van der Waals surface area (Å²) in [6, 6.07) is 9.16. The van der Waals surface area contributed by atoms with E-state index >= 15 is 0 Å².